The van der Waals surface area contributed by atoms with Crippen molar-refractivity contribution >= 4 is 17.6 Å². The number of aromatic nitrogens is 1. The summed E-state index contributed by atoms with van der Waals surface area (Å²) in [5.74, 6) is 2.57. The van der Waals surface area contributed by atoms with Gasteiger partial charge in [-0.3, -0.25) is 20.0 Å². The molecule has 2 heterocycles. The van der Waals surface area contributed by atoms with Crippen LogP contribution in [0.2, 0.25) is 0 Å². The smallest absolute Gasteiger partial charge is 0.223 e. The zero-order valence-corrected chi connectivity index (χ0v) is 20.6. The number of carbonyl (C=O) groups is 1. The third-order valence-electron chi connectivity index (χ3n) is 9.05. The van der Waals surface area contributed by atoms with E-state index in [1.54, 1.807) is 18.3 Å². The Morgan fingerprint density at radius 1 is 1.20 bits per heavy atom. The average molecular weight is 475 g/mol. The Bertz CT molecular complexity index is 1090. The van der Waals surface area contributed by atoms with Crippen LogP contribution in [0.1, 0.15) is 51.5 Å². The fourth-order valence-electron chi connectivity index (χ4n) is 7.42. The van der Waals surface area contributed by atoms with Crippen molar-refractivity contribution in [2.75, 3.05) is 31.1 Å². The maximum atomic E-state index is 12.3. The van der Waals surface area contributed by atoms with Crippen molar-refractivity contribution in [2.24, 2.45) is 33.9 Å². The zero-order valence-electron chi connectivity index (χ0n) is 20.6. The molecule has 1 amide bonds. The lowest BCUT2D eigenvalue weighted by Gasteiger charge is -2.58. The van der Waals surface area contributed by atoms with Gasteiger partial charge in [-0.05, 0) is 75.8 Å². The Morgan fingerprint density at radius 3 is 2.49 bits per heavy atom. The SMILES string of the molecule is CC(C)(C(=NC1C2CC3CC1CC(C(N)=O)(C3)C2)NC#N)N1CCN(c2ncccc2C#N)CC1. The highest BCUT2D eigenvalue weighted by molar-refractivity contribution is 5.92. The van der Waals surface area contributed by atoms with Crippen molar-refractivity contribution in [1.82, 2.24) is 15.2 Å². The summed E-state index contributed by atoms with van der Waals surface area (Å²) in [4.78, 5) is 26.5. The minimum atomic E-state index is -0.458. The number of nitrogens with two attached hydrogens (primary N) is 1. The van der Waals surface area contributed by atoms with Gasteiger partial charge < -0.3 is 10.6 Å². The van der Waals surface area contributed by atoms with Gasteiger partial charge in [-0.1, -0.05) is 0 Å². The summed E-state index contributed by atoms with van der Waals surface area (Å²) >= 11 is 0. The molecule has 9 heteroatoms. The summed E-state index contributed by atoms with van der Waals surface area (Å²) in [6, 6.07) is 5.95. The summed E-state index contributed by atoms with van der Waals surface area (Å²) < 4.78 is 0. The Labute approximate surface area is 207 Å². The van der Waals surface area contributed by atoms with Crippen molar-refractivity contribution in [3.63, 3.8) is 0 Å². The Kier molecular flexibility index (Phi) is 5.93. The molecular formula is C26H34N8O. The maximum absolute atomic E-state index is 12.3. The highest BCUT2D eigenvalue weighted by Gasteiger charge is 2.58. The predicted octanol–water partition coefficient (Wildman–Crippen LogP) is 2.00. The molecule has 5 aliphatic rings. The maximum Gasteiger partial charge on any atom is 0.223 e. The lowest BCUT2D eigenvalue weighted by Crippen LogP contribution is -2.61. The minimum Gasteiger partial charge on any atom is -0.369 e. The van der Waals surface area contributed by atoms with Gasteiger partial charge in [0, 0.05) is 37.8 Å². The summed E-state index contributed by atoms with van der Waals surface area (Å²) in [6.45, 7) is 7.26. The molecule has 4 aliphatic carbocycles. The van der Waals surface area contributed by atoms with E-state index in [1.165, 1.54) is 0 Å². The first kappa shape index (κ1) is 23.6. The molecule has 5 fully saturated rings. The quantitative estimate of drug-likeness (QED) is 0.288. The van der Waals surface area contributed by atoms with Gasteiger partial charge in [0.15, 0.2) is 6.19 Å². The number of carbonyl (C=O) groups excluding carboxylic acids is 1. The third kappa shape index (κ3) is 4.02. The van der Waals surface area contributed by atoms with E-state index in [-0.39, 0.29) is 17.4 Å². The molecule has 0 aromatic carbocycles. The van der Waals surface area contributed by atoms with Crippen molar-refractivity contribution in [3.05, 3.63) is 23.9 Å². The van der Waals surface area contributed by atoms with Crippen molar-refractivity contribution < 1.29 is 4.79 Å². The molecule has 4 saturated carbocycles. The number of nitriles is 2. The second-order valence-electron chi connectivity index (χ2n) is 11.3. The van der Waals surface area contributed by atoms with E-state index >= 15 is 0 Å². The number of aliphatic imine (C=N–C) groups is 1. The number of pyridine rings is 1. The van der Waals surface area contributed by atoms with Gasteiger partial charge in [-0.15, -0.1) is 0 Å². The number of nitrogens with zero attached hydrogens (tertiary/aromatic N) is 6. The van der Waals surface area contributed by atoms with Gasteiger partial charge in [0.05, 0.1) is 17.1 Å². The monoisotopic (exact) mass is 474 g/mol. The topological polar surface area (TPSA) is 134 Å². The second-order valence-corrected chi connectivity index (χ2v) is 11.3. The van der Waals surface area contributed by atoms with Crippen LogP contribution in [-0.2, 0) is 4.79 Å². The van der Waals surface area contributed by atoms with Crippen LogP contribution in [0.4, 0.5) is 5.82 Å². The van der Waals surface area contributed by atoms with Gasteiger partial charge >= 0.3 is 0 Å². The number of anilines is 1. The Morgan fingerprint density at radius 2 is 1.89 bits per heavy atom. The molecule has 1 aromatic rings. The molecule has 2 unspecified atom stereocenters. The number of hydrogen-bond donors (Lipinski definition) is 2. The molecule has 4 bridgehead atoms. The lowest BCUT2D eigenvalue weighted by atomic mass is 9.48. The van der Waals surface area contributed by atoms with E-state index < -0.39 is 5.54 Å². The minimum absolute atomic E-state index is 0.127. The van der Waals surface area contributed by atoms with Crippen LogP contribution in [0.25, 0.3) is 0 Å². The summed E-state index contributed by atoms with van der Waals surface area (Å²) in [7, 11) is 0. The number of rotatable bonds is 5. The molecule has 2 atom stereocenters. The number of nitrogens with one attached hydrogen (secondary N) is 1. The molecule has 1 aliphatic heterocycles. The van der Waals surface area contributed by atoms with Crippen LogP contribution in [0.3, 0.4) is 0 Å². The van der Waals surface area contributed by atoms with Gasteiger partial charge in [0.25, 0.3) is 0 Å². The number of piperazine rings is 1. The van der Waals surface area contributed by atoms with Crippen LogP contribution in [0.5, 0.6) is 0 Å². The molecule has 3 N–H and O–H groups in total. The number of amidine groups is 1. The first-order chi connectivity index (χ1) is 16.8. The molecule has 1 aromatic heterocycles. The fourth-order valence-corrected chi connectivity index (χ4v) is 7.42. The molecule has 9 nitrogen and oxygen atoms in total. The standard InChI is InChI=1S/C26H34N8O/c1-25(2,34-8-6-33(7-9-34)22-18(15-27)4-3-5-30-22)24(31-16-28)32-21-19-10-17-11-20(21)14-26(12-17,13-19)23(29)35/h3-5,17,19-21H,6-14H2,1-2H3,(H2,29,35)(H,31,32). The van der Waals surface area contributed by atoms with Crippen LogP contribution >= 0.6 is 0 Å². The summed E-state index contributed by atoms with van der Waals surface area (Å²) in [5, 5.41) is 21.9. The Balaban J connectivity index is 1.34. The van der Waals surface area contributed by atoms with Crippen molar-refractivity contribution in [1.29, 1.82) is 10.5 Å². The average Bonchev–Trinajstić information content (AvgIpc) is 2.85. The van der Waals surface area contributed by atoms with Gasteiger partial charge in [0.2, 0.25) is 5.91 Å². The number of primary amides is 1. The normalized spacial score (nSPS) is 32.7. The van der Waals surface area contributed by atoms with Crippen LogP contribution in [-0.4, -0.2) is 59.4 Å². The van der Waals surface area contributed by atoms with E-state index in [4.69, 9.17) is 10.7 Å². The fraction of sp³-hybridized carbons (Fsp3) is 0.654. The zero-order chi connectivity index (χ0) is 24.8. The van der Waals surface area contributed by atoms with Gasteiger partial charge in [-0.2, -0.15) is 10.5 Å². The first-order valence-corrected chi connectivity index (χ1v) is 12.7. The van der Waals surface area contributed by atoms with Crippen molar-refractivity contribution in [3.8, 4) is 12.3 Å². The first-order valence-electron chi connectivity index (χ1n) is 12.7. The van der Waals surface area contributed by atoms with E-state index in [1.807, 2.05) is 0 Å². The van der Waals surface area contributed by atoms with Crippen LogP contribution in [0.15, 0.2) is 23.3 Å². The van der Waals surface area contributed by atoms with E-state index in [0.29, 0.717) is 29.2 Å². The molecule has 6 rings (SSSR count). The predicted molar refractivity (Wildman–Crippen MR) is 132 cm³/mol. The largest absolute Gasteiger partial charge is 0.369 e. The van der Waals surface area contributed by atoms with Crippen LogP contribution in [0, 0.1) is 46.0 Å². The van der Waals surface area contributed by atoms with Gasteiger partial charge in [-0.25, -0.2) is 4.98 Å². The number of amides is 1. The molecular weight excluding hydrogens is 440 g/mol. The number of hydrogen-bond acceptors (Lipinski definition) is 7. The van der Waals surface area contributed by atoms with Crippen LogP contribution < -0.4 is 16.0 Å². The lowest BCUT2D eigenvalue weighted by molar-refractivity contribution is -0.144. The highest BCUT2D eigenvalue weighted by atomic mass is 16.1. The molecule has 0 radical (unpaired) electrons. The summed E-state index contributed by atoms with van der Waals surface area (Å²) in [5.41, 5.74) is 5.65. The van der Waals surface area contributed by atoms with E-state index in [0.717, 1.165) is 64.1 Å². The molecule has 1 saturated heterocycles. The van der Waals surface area contributed by atoms with Gasteiger partial charge in [0.1, 0.15) is 17.7 Å². The Hall–Kier alpha value is -3.17. The molecule has 35 heavy (non-hydrogen) atoms. The summed E-state index contributed by atoms with van der Waals surface area (Å²) in [6.07, 6.45) is 8.64. The van der Waals surface area contributed by atoms with Crippen molar-refractivity contribution in [2.45, 2.75) is 57.5 Å². The third-order valence-corrected chi connectivity index (χ3v) is 9.05. The molecule has 0 spiro atoms. The second kappa shape index (κ2) is 8.80. The molecule has 184 valence electrons. The van der Waals surface area contributed by atoms with E-state index in [9.17, 15) is 15.3 Å². The van der Waals surface area contributed by atoms with E-state index in [2.05, 4.69) is 46.2 Å². The highest BCUT2D eigenvalue weighted by Crippen LogP contribution is 2.60.